The molecular weight excluding hydrogens is 428 g/mol. The summed E-state index contributed by atoms with van der Waals surface area (Å²) in [7, 11) is 0. The number of rotatable bonds is 2. The van der Waals surface area contributed by atoms with Gasteiger partial charge < -0.3 is 9.47 Å². The lowest BCUT2D eigenvalue weighted by Gasteiger charge is -2.24. The molecule has 0 saturated heterocycles. The van der Waals surface area contributed by atoms with E-state index in [-0.39, 0.29) is 0 Å². The first-order valence-corrected chi connectivity index (χ1v) is 12.1. The second kappa shape index (κ2) is 7.89. The van der Waals surface area contributed by atoms with Crippen LogP contribution in [0.4, 0.5) is 0 Å². The van der Waals surface area contributed by atoms with Crippen LogP contribution in [0, 0.1) is 6.92 Å². The van der Waals surface area contributed by atoms with E-state index in [1.54, 1.807) is 0 Å². The van der Waals surface area contributed by atoms with Gasteiger partial charge in [-0.25, -0.2) is 0 Å². The van der Waals surface area contributed by atoms with Crippen LogP contribution in [-0.2, 0) is 0 Å². The van der Waals surface area contributed by atoms with Gasteiger partial charge >= 0.3 is 0 Å². The molecule has 0 aromatic heterocycles. The van der Waals surface area contributed by atoms with Crippen LogP contribution in [0.15, 0.2) is 103 Å². The fraction of sp³-hybridized carbons (Fsp3) is 0.0909. The van der Waals surface area contributed by atoms with Crippen molar-refractivity contribution in [2.45, 2.75) is 6.92 Å². The quantitative estimate of drug-likeness (QED) is 0.245. The van der Waals surface area contributed by atoms with E-state index in [9.17, 15) is 0 Å². The lowest BCUT2D eigenvalue weighted by molar-refractivity contribution is 0.172. The summed E-state index contributed by atoms with van der Waals surface area (Å²) < 4.78 is 12.1. The molecule has 6 aromatic carbocycles. The Labute approximate surface area is 204 Å². The van der Waals surface area contributed by atoms with Crippen molar-refractivity contribution in [3.8, 4) is 33.8 Å². The van der Waals surface area contributed by atoms with Crippen LogP contribution < -0.4 is 9.47 Å². The van der Waals surface area contributed by atoms with Gasteiger partial charge in [0.15, 0.2) is 11.5 Å². The van der Waals surface area contributed by atoms with Crippen molar-refractivity contribution in [1.29, 1.82) is 0 Å². The Morgan fingerprint density at radius 3 is 1.66 bits per heavy atom. The van der Waals surface area contributed by atoms with Gasteiger partial charge in [-0.2, -0.15) is 0 Å². The van der Waals surface area contributed by atoms with Crippen LogP contribution in [0.25, 0.3) is 54.6 Å². The number of aryl methyl sites for hydroxylation is 1. The molecule has 168 valence electrons. The number of fused-ring (bicyclic) bond motifs is 4. The summed E-state index contributed by atoms with van der Waals surface area (Å²) in [6, 6.07) is 37.0. The summed E-state index contributed by atoms with van der Waals surface area (Å²) in [6.45, 7) is 3.33. The van der Waals surface area contributed by atoms with Crippen LogP contribution in [0.2, 0.25) is 0 Å². The van der Waals surface area contributed by atoms with Crippen molar-refractivity contribution in [3.05, 3.63) is 109 Å². The van der Waals surface area contributed by atoms with Crippen molar-refractivity contribution < 1.29 is 9.47 Å². The summed E-state index contributed by atoms with van der Waals surface area (Å²) in [5.41, 5.74) is 6.11. The van der Waals surface area contributed by atoms with E-state index in [0.29, 0.717) is 13.2 Å². The fourth-order valence-corrected chi connectivity index (χ4v) is 5.65. The molecular formula is C33H24O2. The molecule has 1 aliphatic heterocycles. The van der Waals surface area contributed by atoms with E-state index in [1.165, 1.54) is 54.6 Å². The zero-order chi connectivity index (χ0) is 23.4. The van der Waals surface area contributed by atoms with Crippen molar-refractivity contribution in [2.75, 3.05) is 13.2 Å². The van der Waals surface area contributed by atoms with Gasteiger partial charge in [0.2, 0.25) is 0 Å². The Balaban J connectivity index is 1.66. The Bertz CT molecular complexity index is 1710. The minimum Gasteiger partial charge on any atom is -0.486 e. The molecule has 0 fully saturated rings. The smallest absolute Gasteiger partial charge is 0.169 e. The minimum absolute atomic E-state index is 0.563. The second-order valence-corrected chi connectivity index (χ2v) is 9.15. The van der Waals surface area contributed by atoms with E-state index in [1.807, 2.05) is 6.07 Å². The van der Waals surface area contributed by atoms with Crippen molar-refractivity contribution >= 4 is 32.3 Å². The molecule has 0 N–H and O–H groups in total. The highest BCUT2D eigenvalue weighted by Gasteiger charge is 2.23. The number of ether oxygens (including phenoxy) is 2. The molecule has 0 aliphatic carbocycles. The standard InChI is InChI=1S/C33H24O2/c1-21-17-18-28(23-10-3-2-9-22(21)23)31-24-11-4-6-13-26(24)32(27-14-7-5-12-25(27)31)29-15-8-16-30-33(29)35-20-19-34-30/h2-18H,19-20H2,1H3. The average molecular weight is 453 g/mol. The maximum atomic E-state index is 6.17. The second-order valence-electron chi connectivity index (χ2n) is 9.15. The van der Waals surface area contributed by atoms with Crippen LogP contribution in [-0.4, -0.2) is 13.2 Å². The maximum Gasteiger partial charge on any atom is 0.169 e. The highest BCUT2D eigenvalue weighted by Crippen LogP contribution is 2.49. The monoisotopic (exact) mass is 452 g/mol. The van der Waals surface area contributed by atoms with Crippen LogP contribution in [0.5, 0.6) is 11.5 Å². The van der Waals surface area contributed by atoms with E-state index < -0.39 is 0 Å². The van der Waals surface area contributed by atoms with Crippen molar-refractivity contribution in [2.24, 2.45) is 0 Å². The summed E-state index contributed by atoms with van der Waals surface area (Å²) >= 11 is 0. The molecule has 0 saturated carbocycles. The molecule has 0 bridgehead atoms. The lowest BCUT2D eigenvalue weighted by Crippen LogP contribution is -2.15. The third-order valence-electron chi connectivity index (χ3n) is 7.18. The molecule has 2 nitrogen and oxygen atoms in total. The summed E-state index contributed by atoms with van der Waals surface area (Å²) in [6.07, 6.45) is 0. The van der Waals surface area contributed by atoms with Crippen LogP contribution in [0.1, 0.15) is 5.56 Å². The normalized spacial score (nSPS) is 12.9. The summed E-state index contributed by atoms with van der Waals surface area (Å²) in [5, 5.41) is 7.49. The topological polar surface area (TPSA) is 18.5 Å². The number of hydrogen-bond acceptors (Lipinski definition) is 2. The first-order valence-electron chi connectivity index (χ1n) is 12.1. The Kier molecular flexibility index (Phi) is 4.53. The molecule has 6 aromatic rings. The predicted molar refractivity (Wildman–Crippen MR) is 146 cm³/mol. The molecule has 0 atom stereocenters. The summed E-state index contributed by atoms with van der Waals surface area (Å²) in [5.74, 6) is 1.65. The maximum absolute atomic E-state index is 6.17. The number of para-hydroxylation sites is 1. The highest BCUT2D eigenvalue weighted by atomic mass is 16.6. The molecule has 1 aliphatic rings. The first kappa shape index (κ1) is 20.1. The number of hydrogen-bond donors (Lipinski definition) is 0. The Morgan fingerprint density at radius 2 is 1.00 bits per heavy atom. The van der Waals surface area contributed by atoms with Gasteiger partial charge in [-0.1, -0.05) is 97.1 Å². The fourth-order valence-electron chi connectivity index (χ4n) is 5.65. The molecule has 35 heavy (non-hydrogen) atoms. The number of benzene rings is 6. The highest BCUT2D eigenvalue weighted by molar-refractivity contribution is 6.24. The molecule has 0 spiro atoms. The molecule has 0 amide bonds. The lowest BCUT2D eigenvalue weighted by atomic mass is 9.84. The predicted octanol–water partition coefficient (Wildman–Crippen LogP) is 8.56. The van der Waals surface area contributed by atoms with Crippen LogP contribution in [0.3, 0.4) is 0 Å². The zero-order valence-electron chi connectivity index (χ0n) is 19.5. The van der Waals surface area contributed by atoms with Gasteiger partial charge in [-0.15, -0.1) is 0 Å². The van der Waals surface area contributed by atoms with E-state index in [2.05, 4.69) is 104 Å². The molecule has 7 rings (SSSR count). The SMILES string of the molecule is Cc1ccc(-c2c3ccccc3c(-c3cccc4c3OCCO4)c3ccccc23)c2ccccc12. The van der Waals surface area contributed by atoms with Crippen molar-refractivity contribution in [3.63, 3.8) is 0 Å². The van der Waals surface area contributed by atoms with E-state index >= 15 is 0 Å². The molecule has 0 unspecified atom stereocenters. The average Bonchev–Trinajstić information content (AvgIpc) is 2.92. The van der Waals surface area contributed by atoms with Gasteiger partial charge in [0.25, 0.3) is 0 Å². The minimum atomic E-state index is 0.563. The zero-order valence-corrected chi connectivity index (χ0v) is 19.5. The molecule has 2 heteroatoms. The van der Waals surface area contributed by atoms with Gasteiger partial charge in [-0.05, 0) is 62.0 Å². The summed E-state index contributed by atoms with van der Waals surface area (Å²) in [4.78, 5) is 0. The Hall–Kier alpha value is -4.30. The molecule has 1 heterocycles. The van der Waals surface area contributed by atoms with Gasteiger partial charge in [0, 0.05) is 11.1 Å². The first-order chi connectivity index (χ1) is 17.3. The largest absolute Gasteiger partial charge is 0.486 e. The van der Waals surface area contributed by atoms with Crippen molar-refractivity contribution in [1.82, 2.24) is 0 Å². The molecule has 0 radical (unpaired) electrons. The van der Waals surface area contributed by atoms with Crippen LogP contribution >= 0.6 is 0 Å². The Morgan fingerprint density at radius 1 is 0.457 bits per heavy atom. The van der Waals surface area contributed by atoms with Gasteiger partial charge in [0.05, 0.1) is 0 Å². The third-order valence-corrected chi connectivity index (χ3v) is 7.18. The van der Waals surface area contributed by atoms with E-state index in [4.69, 9.17) is 9.47 Å². The third kappa shape index (κ3) is 3.03. The van der Waals surface area contributed by atoms with E-state index in [0.717, 1.165) is 17.1 Å². The van der Waals surface area contributed by atoms with Gasteiger partial charge in [0.1, 0.15) is 13.2 Å². The van der Waals surface area contributed by atoms with Gasteiger partial charge in [-0.3, -0.25) is 0 Å².